The first kappa shape index (κ1) is 15.5. The lowest BCUT2D eigenvalue weighted by Gasteiger charge is -2.12. The number of aromatic nitrogens is 2. The predicted octanol–water partition coefficient (Wildman–Crippen LogP) is 3.37. The quantitative estimate of drug-likeness (QED) is 0.804. The van der Waals surface area contributed by atoms with Crippen LogP contribution in [-0.2, 0) is 12.8 Å². The highest BCUT2D eigenvalue weighted by molar-refractivity contribution is 7.71. The van der Waals surface area contributed by atoms with Crippen LogP contribution in [0.3, 0.4) is 0 Å². The molecule has 0 bridgehead atoms. The van der Waals surface area contributed by atoms with Gasteiger partial charge in [-0.05, 0) is 37.2 Å². The Labute approximate surface area is 129 Å². The van der Waals surface area contributed by atoms with E-state index >= 15 is 0 Å². The number of para-hydroxylation sites is 1. The van der Waals surface area contributed by atoms with Gasteiger partial charge in [0.2, 0.25) is 0 Å². The second kappa shape index (κ2) is 7.22. The second-order valence-electron chi connectivity index (χ2n) is 4.83. The molecule has 2 N–H and O–H groups in total. The molecule has 112 valence electrons. The lowest BCUT2D eigenvalue weighted by atomic mass is 10.0. The highest BCUT2D eigenvalue weighted by Crippen LogP contribution is 2.21. The zero-order valence-corrected chi connectivity index (χ0v) is 13.2. The van der Waals surface area contributed by atoms with E-state index in [0.717, 1.165) is 35.4 Å². The van der Waals surface area contributed by atoms with Crippen molar-refractivity contribution in [2.75, 3.05) is 6.61 Å². The van der Waals surface area contributed by atoms with Crippen molar-refractivity contribution >= 4 is 12.2 Å². The Hall–Kier alpha value is -1.88. The minimum Gasteiger partial charge on any atom is -0.494 e. The molecule has 0 unspecified atom stereocenters. The number of ether oxygens (including phenoxy) is 1. The van der Waals surface area contributed by atoms with Crippen LogP contribution in [0.5, 0.6) is 5.75 Å². The standard InChI is InChI=1S/C16H20N2O2S/c1-3-7-13-12(15(19)18-16(21)17-13)10-11-8-5-6-9-14(11)20-4-2/h5-6,8-9H,3-4,7,10H2,1-2H3,(H2,17,18,19,21). The molecule has 0 radical (unpaired) electrons. The fourth-order valence-electron chi connectivity index (χ4n) is 2.35. The van der Waals surface area contributed by atoms with Gasteiger partial charge in [-0.15, -0.1) is 0 Å². The lowest BCUT2D eigenvalue weighted by Crippen LogP contribution is -2.18. The van der Waals surface area contributed by atoms with Crippen LogP contribution in [0.4, 0.5) is 0 Å². The molecule has 21 heavy (non-hydrogen) atoms. The van der Waals surface area contributed by atoms with Gasteiger partial charge in [0.15, 0.2) is 4.77 Å². The van der Waals surface area contributed by atoms with Gasteiger partial charge in [0.05, 0.1) is 6.61 Å². The Balaban J connectivity index is 2.44. The third-order valence-electron chi connectivity index (χ3n) is 3.27. The summed E-state index contributed by atoms with van der Waals surface area (Å²) in [5.74, 6) is 0.823. The smallest absolute Gasteiger partial charge is 0.255 e. The number of H-pyrrole nitrogens is 2. The molecule has 0 atom stereocenters. The molecule has 2 rings (SSSR count). The Morgan fingerprint density at radius 3 is 2.67 bits per heavy atom. The van der Waals surface area contributed by atoms with Gasteiger partial charge in [0.25, 0.3) is 5.56 Å². The molecule has 1 aromatic heterocycles. The van der Waals surface area contributed by atoms with E-state index in [1.807, 2.05) is 31.2 Å². The van der Waals surface area contributed by atoms with Crippen molar-refractivity contribution in [3.05, 3.63) is 56.2 Å². The van der Waals surface area contributed by atoms with Crippen molar-refractivity contribution in [1.82, 2.24) is 9.97 Å². The largest absolute Gasteiger partial charge is 0.494 e. The van der Waals surface area contributed by atoms with E-state index < -0.39 is 0 Å². The summed E-state index contributed by atoms with van der Waals surface area (Å²) in [5.41, 5.74) is 2.54. The van der Waals surface area contributed by atoms with Crippen molar-refractivity contribution in [3.8, 4) is 5.75 Å². The van der Waals surface area contributed by atoms with Gasteiger partial charge in [-0.1, -0.05) is 31.5 Å². The lowest BCUT2D eigenvalue weighted by molar-refractivity contribution is 0.337. The summed E-state index contributed by atoms with van der Waals surface area (Å²) >= 11 is 5.06. The second-order valence-corrected chi connectivity index (χ2v) is 5.24. The van der Waals surface area contributed by atoms with Gasteiger partial charge in [-0.25, -0.2) is 0 Å². The molecule has 1 aromatic carbocycles. The first-order valence-electron chi connectivity index (χ1n) is 7.20. The van der Waals surface area contributed by atoms with Crippen LogP contribution in [0, 0.1) is 4.77 Å². The van der Waals surface area contributed by atoms with E-state index in [1.165, 1.54) is 0 Å². The number of hydrogen-bond donors (Lipinski definition) is 2. The summed E-state index contributed by atoms with van der Waals surface area (Å²) in [7, 11) is 0. The minimum atomic E-state index is -0.117. The molecule has 1 heterocycles. The molecule has 0 fully saturated rings. The Bertz CT molecular complexity index is 719. The number of aryl methyl sites for hydroxylation is 1. The highest BCUT2D eigenvalue weighted by atomic mass is 32.1. The van der Waals surface area contributed by atoms with Crippen LogP contribution >= 0.6 is 12.2 Å². The molecule has 0 amide bonds. The summed E-state index contributed by atoms with van der Waals surface area (Å²) in [6.45, 7) is 4.63. The normalized spacial score (nSPS) is 10.6. The summed E-state index contributed by atoms with van der Waals surface area (Å²) in [5, 5.41) is 0. The van der Waals surface area contributed by atoms with Crippen molar-refractivity contribution < 1.29 is 4.74 Å². The fraction of sp³-hybridized carbons (Fsp3) is 0.375. The number of nitrogens with one attached hydrogen (secondary N) is 2. The Morgan fingerprint density at radius 2 is 1.95 bits per heavy atom. The Morgan fingerprint density at radius 1 is 1.19 bits per heavy atom. The van der Waals surface area contributed by atoms with Crippen molar-refractivity contribution in [3.63, 3.8) is 0 Å². The van der Waals surface area contributed by atoms with Gasteiger partial charge in [-0.3, -0.25) is 9.78 Å². The van der Waals surface area contributed by atoms with E-state index in [-0.39, 0.29) is 5.56 Å². The van der Waals surface area contributed by atoms with Crippen LogP contribution < -0.4 is 10.3 Å². The first-order chi connectivity index (χ1) is 10.2. The maximum atomic E-state index is 12.2. The molecule has 0 saturated carbocycles. The molecule has 0 saturated heterocycles. The molecule has 4 nitrogen and oxygen atoms in total. The average molecular weight is 304 g/mol. The minimum absolute atomic E-state index is 0.117. The Kier molecular flexibility index (Phi) is 5.33. The molecule has 5 heteroatoms. The molecule has 2 aromatic rings. The molecule has 0 aliphatic rings. The monoisotopic (exact) mass is 304 g/mol. The topological polar surface area (TPSA) is 57.9 Å². The molecule has 0 spiro atoms. The molecular formula is C16H20N2O2S. The number of rotatable bonds is 6. The van der Waals surface area contributed by atoms with E-state index in [1.54, 1.807) is 0 Å². The SMILES string of the molecule is CCCc1[nH]c(=S)[nH]c(=O)c1Cc1ccccc1OCC. The van der Waals surface area contributed by atoms with Gasteiger partial charge < -0.3 is 9.72 Å². The predicted molar refractivity (Wildman–Crippen MR) is 86.7 cm³/mol. The molecule has 0 aliphatic heterocycles. The maximum Gasteiger partial charge on any atom is 0.255 e. The van der Waals surface area contributed by atoms with Gasteiger partial charge in [0, 0.05) is 17.7 Å². The highest BCUT2D eigenvalue weighted by Gasteiger charge is 2.11. The van der Waals surface area contributed by atoms with Gasteiger partial charge >= 0.3 is 0 Å². The third-order valence-corrected chi connectivity index (χ3v) is 3.47. The number of hydrogen-bond acceptors (Lipinski definition) is 3. The number of aromatic amines is 2. The molecule has 0 aliphatic carbocycles. The van der Waals surface area contributed by atoms with E-state index in [0.29, 0.717) is 17.8 Å². The molecular weight excluding hydrogens is 284 g/mol. The van der Waals surface area contributed by atoms with Crippen molar-refractivity contribution in [2.24, 2.45) is 0 Å². The third kappa shape index (κ3) is 3.82. The summed E-state index contributed by atoms with van der Waals surface area (Å²) in [6, 6.07) is 7.81. The summed E-state index contributed by atoms with van der Waals surface area (Å²) in [6.07, 6.45) is 2.29. The van der Waals surface area contributed by atoms with Gasteiger partial charge in [-0.2, -0.15) is 0 Å². The van der Waals surface area contributed by atoms with E-state index in [4.69, 9.17) is 17.0 Å². The van der Waals surface area contributed by atoms with Crippen LogP contribution in [0.2, 0.25) is 0 Å². The summed E-state index contributed by atoms with van der Waals surface area (Å²) < 4.78 is 6.01. The van der Waals surface area contributed by atoms with Crippen LogP contribution in [0.15, 0.2) is 29.1 Å². The van der Waals surface area contributed by atoms with Crippen LogP contribution in [0.25, 0.3) is 0 Å². The maximum absolute atomic E-state index is 12.2. The number of benzene rings is 1. The van der Waals surface area contributed by atoms with Crippen LogP contribution in [0.1, 0.15) is 37.1 Å². The average Bonchev–Trinajstić information content (AvgIpc) is 2.45. The van der Waals surface area contributed by atoms with Crippen molar-refractivity contribution in [2.45, 2.75) is 33.1 Å². The van der Waals surface area contributed by atoms with Crippen molar-refractivity contribution in [1.29, 1.82) is 0 Å². The van der Waals surface area contributed by atoms with E-state index in [2.05, 4.69) is 16.9 Å². The summed E-state index contributed by atoms with van der Waals surface area (Å²) in [4.78, 5) is 18.0. The van der Waals surface area contributed by atoms with Crippen LogP contribution in [-0.4, -0.2) is 16.6 Å². The fourth-order valence-corrected chi connectivity index (χ4v) is 2.56. The van der Waals surface area contributed by atoms with Gasteiger partial charge in [0.1, 0.15) is 5.75 Å². The first-order valence-corrected chi connectivity index (χ1v) is 7.61. The van der Waals surface area contributed by atoms with E-state index in [9.17, 15) is 4.79 Å². The zero-order chi connectivity index (χ0) is 15.2. The zero-order valence-electron chi connectivity index (χ0n) is 12.4.